The van der Waals surface area contributed by atoms with Crippen LogP contribution >= 0.6 is 0 Å². The Labute approximate surface area is 113 Å². The lowest BCUT2D eigenvalue weighted by Gasteiger charge is -2.10. The fourth-order valence-corrected chi connectivity index (χ4v) is 1.85. The first-order valence-corrected chi connectivity index (χ1v) is 6.55. The van der Waals surface area contributed by atoms with Gasteiger partial charge in [-0.3, -0.25) is 0 Å². The fourth-order valence-electron chi connectivity index (χ4n) is 1.85. The number of rotatable bonds is 7. The van der Waals surface area contributed by atoms with Crippen LogP contribution in [0.4, 0.5) is 0 Å². The van der Waals surface area contributed by atoms with Gasteiger partial charge in [-0.15, -0.1) is 0 Å². The minimum Gasteiger partial charge on any atom is -0.475 e. The van der Waals surface area contributed by atoms with Crippen LogP contribution in [0.1, 0.15) is 19.0 Å². The first-order chi connectivity index (χ1) is 9.35. The molecule has 1 aromatic heterocycles. The van der Waals surface area contributed by atoms with Gasteiger partial charge in [-0.1, -0.05) is 25.1 Å². The summed E-state index contributed by atoms with van der Waals surface area (Å²) in [6.45, 7) is 3.74. The summed E-state index contributed by atoms with van der Waals surface area (Å²) in [5.74, 6) is 0.558. The van der Waals surface area contributed by atoms with Gasteiger partial charge < -0.3 is 14.6 Å². The van der Waals surface area contributed by atoms with Crippen molar-refractivity contribution in [2.75, 3.05) is 19.8 Å². The molecule has 0 spiro atoms. The quantitative estimate of drug-likeness (QED) is 0.778. The molecule has 0 atom stereocenters. The van der Waals surface area contributed by atoms with Crippen LogP contribution in [0.25, 0.3) is 10.8 Å². The summed E-state index contributed by atoms with van der Waals surface area (Å²) >= 11 is 0. The SMILES string of the molecule is CCCOCCOc1nc(CO)cc2ccccc12. The zero-order valence-corrected chi connectivity index (χ0v) is 11.1. The van der Waals surface area contributed by atoms with Crippen molar-refractivity contribution in [3.05, 3.63) is 36.0 Å². The summed E-state index contributed by atoms with van der Waals surface area (Å²) in [4.78, 5) is 4.31. The molecule has 4 heteroatoms. The molecule has 1 N–H and O–H groups in total. The second kappa shape index (κ2) is 7.07. The summed E-state index contributed by atoms with van der Waals surface area (Å²) in [5, 5.41) is 11.2. The molecule has 0 amide bonds. The highest BCUT2D eigenvalue weighted by Crippen LogP contribution is 2.24. The van der Waals surface area contributed by atoms with E-state index in [1.54, 1.807) is 0 Å². The lowest BCUT2D eigenvalue weighted by Crippen LogP contribution is -2.08. The minimum absolute atomic E-state index is 0.0898. The largest absolute Gasteiger partial charge is 0.475 e. The van der Waals surface area contributed by atoms with Crippen LogP contribution < -0.4 is 4.74 Å². The van der Waals surface area contributed by atoms with Crippen LogP contribution in [0, 0.1) is 0 Å². The molecule has 19 heavy (non-hydrogen) atoms. The smallest absolute Gasteiger partial charge is 0.221 e. The molecule has 0 fully saturated rings. The summed E-state index contributed by atoms with van der Waals surface area (Å²) in [6.07, 6.45) is 1.00. The van der Waals surface area contributed by atoms with Gasteiger partial charge in [0.15, 0.2) is 0 Å². The fraction of sp³-hybridized carbons (Fsp3) is 0.400. The Kier molecular flexibility index (Phi) is 5.12. The highest BCUT2D eigenvalue weighted by Gasteiger charge is 2.06. The Morgan fingerprint density at radius 1 is 1.16 bits per heavy atom. The first-order valence-electron chi connectivity index (χ1n) is 6.55. The molecule has 0 aliphatic heterocycles. The molecule has 0 radical (unpaired) electrons. The maximum absolute atomic E-state index is 9.22. The normalized spacial score (nSPS) is 10.8. The van der Waals surface area contributed by atoms with E-state index in [4.69, 9.17) is 9.47 Å². The number of ether oxygens (including phenoxy) is 2. The van der Waals surface area contributed by atoms with Crippen molar-refractivity contribution in [3.63, 3.8) is 0 Å². The molecular weight excluding hydrogens is 242 g/mol. The van der Waals surface area contributed by atoms with E-state index in [2.05, 4.69) is 11.9 Å². The Balaban J connectivity index is 2.11. The summed E-state index contributed by atoms with van der Waals surface area (Å²) in [5.41, 5.74) is 0.614. The molecule has 102 valence electrons. The third kappa shape index (κ3) is 3.66. The molecule has 2 rings (SSSR count). The number of aliphatic hydroxyl groups is 1. The van der Waals surface area contributed by atoms with E-state index >= 15 is 0 Å². The van der Waals surface area contributed by atoms with Gasteiger partial charge in [-0.25, -0.2) is 4.98 Å². The number of aromatic nitrogens is 1. The second-order valence-corrected chi connectivity index (χ2v) is 4.26. The van der Waals surface area contributed by atoms with Crippen LogP contribution in [0.15, 0.2) is 30.3 Å². The van der Waals surface area contributed by atoms with Crippen LogP contribution in [-0.4, -0.2) is 29.9 Å². The van der Waals surface area contributed by atoms with Crippen molar-refractivity contribution in [3.8, 4) is 5.88 Å². The molecule has 0 saturated carbocycles. The van der Waals surface area contributed by atoms with Crippen LogP contribution in [0.2, 0.25) is 0 Å². The van der Waals surface area contributed by atoms with E-state index in [0.29, 0.717) is 24.8 Å². The van der Waals surface area contributed by atoms with Crippen molar-refractivity contribution in [1.29, 1.82) is 0 Å². The Hall–Kier alpha value is -1.65. The van der Waals surface area contributed by atoms with E-state index in [-0.39, 0.29) is 6.61 Å². The number of aliphatic hydroxyl groups excluding tert-OH is 1. The lowest BCUT2D eigenvalue weighted by molar-refractivity contribution is 0.0994. The number of pyridine rings is 1. The highest BCUT2D eigenvalue weighted by atomic mass is 16.5. The predicted molar refractivity (Wildman–Crippen MR) is 74.3 cm³/mol. The molecule has 1 aromatic carbocycles. The highest BCUT2D eigenvalue weighted by molar-refractivity contribution is 5.87. The van der Waals surface area contributed by atoms with E-state index in [1.807, 2.05) is 30.3 Å². The summed E-state index contributed by atoms with van der Waals surface area (Å²) < 4.78 is 11.0. The lowest BCUT2D eigenvalue weighted by atomic mass is 10.1. The Morgan fingerprint density at radius 3 is 2.79 bits per heavy atom. The van der Waals surface area contributed by atoms with Gasteiger partial charge in [0.25, 0.3) is 0 Å². The van der Waals surface area contributed by atoms with Crippen molar-refractivity contribution in [1.82, 2.24) is 4.98 Å². The van der Waals surface area contributed by atoms with Crippen LogP contribution in [0.5, 0.6) is 5.88 Å². The molecule has 0 aliphatic rings. The summed E-state index contributed by atoms with van der Waals surface area (Å²) in [6, 6.07) is 9.72. The molecule has 0 saturated heterocycles. The predicted octanol–water partition coefficient (Wildman–Crippen LogP) is 2.53. The number of hydrogen-bond acceptors (Lipinski definition) is 4. The molecule has 0 aliphatic carbocycles. The van der Waals surface area contributed by atoms with Crippen molar-refractivity contribution < 1.29 is 14.6 Å². The average molecular weight is 261 g/mol. The zero-order valence-electron chi connectivity index (χ0n) is 11.1. The second-order valence-electron chi connectivity index (χ2n) is 4.26. The summed E-state index contributed by atoms with van der Waals surface area (Å²) in [7, 11) is 0. The Morgan fingerprint density at radius 2 is 2.00 bits per heavy atom. The van der Waals surface area contributed by atoms with E-state index in [1.165, 1.54) is 0 Å². The maximum atomic E-state index is 9.22. The van der Waals surface area contributed by atoms with Crippen molar-refractivity contribution in [2.24, 2.45) is 0 Å². The first kappa shape index (κ1) is 13.8. The number of fused-ring (bicyclic) bond motifs is 1. The van der Waals surface area contributed by atoms with Gasteiger partial charge in [-0.05, 0) is 23.9 Å². The van der Waals surface area contributed by atoms with Crippen LogP contribution in [0.3, 0.4) is 0 Å². The van der Waals surface area contributed by atoms with Crippen molar-refractivity contribution in [2.45, 2.75) is 20.0 Å². The molecule has 0 unspecified atom stereocenters. The Bertz CT molecular complexity index is 528. The van der Waals surface area contributed by atoms with Gasteiger partial charge in [0, 0.05) is 12.0 Å². The van der Waals surface area contributed by atoms with Gasteiger partial charge >= 0.3 is 0 Å². The van der Waals surface area contributed by atoms with Gasteiger partial charge in [0.05, 0.1) is 18.9 Å². The molecule has 4 nitrogen and oxygen atoms in total. The van der Waals surface area contributed by atoms with Gasteiger partial charge in [0.1, 0.15) is 6.61 Å². The topological polar surface area (TPSA) is 51.6 Å². The number of hydrogen-bond donors (Lipinski definition) is 1. The van der Waals surface area contributed by atoms with E-state index in [9.17, 15) is 5.11 Å². The standard InChI is InChI=1S/C15H19NO3/c1-2-7-18-8-9-19-15-14-6-4-3-5-12(14)10-13(11-17)16-15/h3-6,10,17H,2,7-9,11H2,1H3. The van der Waals surface area contributed by atoms with Gasteiger partial charge in [-0.2, -0.15) is 0 Å². The van der Waals surface area contributed by atoms with E-state index < -0.39 is 0 Å². The third-order valence-electron chi connectivity index (χ3n) is 2.74. The molecule has 1 heterocycles. The van der Waals surface area contributed by atoms with Crippen molar-refractivity contribution >= 4 is 10.8 Å². The minimum atomic E-state index is -0.0898. The monoisotopic (exact) mass is 261 g/mol. The average Bonchev–Trinajstić information content (AvgIpc) is 2.46. The van der Waals surface area contributed by atoms with Crippen LogP contribution in [-0.2, 0) is 11.3 Å². The number of benzene rings is 1. The zero-order chi connectivity index (χ0) is 13.5. The maximum Gasteiger partial charge on any atom is 0.221 e. The molecular formula is C15H19NO3. The third-order valence-corrected chi connectivity index (χ3v) is 2.74. The molecule has 2 aromatic rings. The number of nitrogens with zero attached hydrogens (tertiary/aromatic N) is 1. The van der Waals surface area contributed by atoms with Gasteiger partial charge in [0.2, 0.25) is 5.88 Å². The van der Waals surface area contributed by atoms with E-state index in [0.717, 1.165) is 23.8 Å². The molecule has 0 bridgehead atoms.